The second kappa shape index (κ2) is 10.3. The van der Waals surface area contributed by atoms with Crippen LogP contribution in [-0.4, -0.2) is 43.8 Å². The smallest absolute Gasteiger partial charge is 0.410 e. The second-order valence-corrected chi connectivity index (χ2v) is 10.0. The molecule has 2 atom stereocenters. The Hall–Kier alpha value is -3.01. The molecule has 7 nitrogen and oxygen atoms in total. The van der Waals surface area contributed by atoms with E-state index in [-0.39, 0.29) is 29.8 Å². The van der Waals surface area contributed by atoms with Crippen LogP contribution in [0.1, 0.15) is 5.56 Å². The summed E-state index contributed by atoms with van der Waals surface area (Å²) in [6.07, 6.45) is -0.498. The van der Waals surface area contributed by atoms with Crippen LogP contribution in [-0.2, 0) is 21.4 Å². The Balaban J connectivity index is 1.34. The summed E-state index contributed by atoms with van der Waals surface area (Å²) in [5.41, 5.74) is 0.879. The molecule has 33 heavy (non-hydrogen) atoms. The van der Waals surface area contributed by atoms with Gasteiger partial charge in [-0.3, -0.25) is 0 Å². The van der Waals surface area contributed by atoms with Crippen LogP contribution >= 0.6 is 12.6 Å². The molecule has 1 N–H and O–H groups in total. The molecular formula is C24H24N2O5S2. The molecule has 1 aliphatic rings. The summed E-state index contributed by atoms with van der Waals surface area (Å²) in [7, 11) is -3.80. The monoisotopic (exact) mass is 484 g/mol. The van der Waals surface area contributed by atoms with Crippen molar-refractivity contribution in [2.45, 2.75) is 22.8 Å². The van der Waals surface area contributed by atoms with Gasteiger partial charge in [0.05, 0.1) is 10.9 Å². The molecule has 1 heterocycles. The zero-order valence-electron chi connectivity index (χ0n) is 17.7. The Morgan fingerprint density at radius 1 is 0.909 bits per heavy atom. The number of hydrogen-bond acceptors (Lipinski definition) is 6. The highest BCUT2D eigenvalue weighted by atomic mass is 32.2. The summed E-state index contributed by atoms with van der Waals surface area (Å²) in [5, 5.41) is -0.357. The summed E-state index contributed by atoms with van der Waals surface area (Å²) < 4.78 is 39.4. The lowest BCUT2D eigenvalue weighted by molar-refractivity contribution is 0.104. The molecule has 1 saturated heterocycles. The van der Waals surface area contributed by atoms with Crippen LogP contribution < -0.4 is 9.46 Å². The van der Waals surface area contributed by atoms with Gasteiger partial charge in [0.25, 0.3) is 0 Å². The minimum Gasteiger partial charge on any atom is -0.457 e. The van der Waals surface area contributed by atoms with Crippen molar-refractivity contribution in [3.05, 3.63) is 90.5 Å². The van der Waals surface area contributed by atoms with E-state index in [1.54, 1.807) is 12.1 Å². The number of likely N-dealkylation sites (tertiary alicyclic amines) is 1. The zero-order valence-corrected chi connectivity index (χ0v) is 19.4. The van der Waals surface area contributed by atoms with Gasteiger partial charge in [0, 0.05) is 18.3 Å². The van der Waals surface area contributed by atoms with Gasteiger partial charge in [-0.15, -0.1) is 0 Å². The van der Waals surface area contributed by atoms with E-state index < -0.39 is 22.2 Å². The van der Waals surface area contributed by atoms with Crippen LogP contribution in [0, 0.1) is 0 Å². The predicted molar refractivity (Wildman–Crippen MR) is 128 cm³/mol. The molecule has 0 aliphatic carbocycles. The number of carbonyl (C=O) groups is 1. The number of nitrogens with one attached hydrogen (secondary N) is 1. The minimum absolute atomic E-state index is 0.105. The highest BCUT2D eigenvalue weighted by Crippen LogP contribution is 2.24. The van der Waals surface area contributed by atoms with Gasteiger partial charge in [0.15, 0.2) is 0 Å². The van der Waals surface area contributed by atoms with Crippen LogP contribution in [0.3, 0.4) is 0 Å². The predicted octanol–water partition coefficient (Wildman–Crippen LogP) is 4.08. The number of hydrogen-bond donors (Lipinski definition) is 2. The van der Waals surface area contributed by atoms with Crippen molar-refractivity contribution in [3.63, 3.8) is 0 Å². The topological polar surface area (TPSA) is 84.9 Å². The fourth-order valence-electron chi connectivity index (χ4n) is 3.44. The molecule has 0 bridgehead atoms. The largest absolute Gasteiger partial charge is 0.457 e. The summed E-state index contributed by atoms with van der Waals surface area (Å²) in [6, 6.07) is 24.2. The quantitative estimate of drug-likeness (QED) is 0.494. The van der Waals surface area contributed by atoms with E-state index in [0.29, 0.717) is 11.5 Å². The summed E-state index contributed by atoms with van der Waals surface area (Å²) >= 11 is 4.48. The van der Waals surface area contributed by atoms with Crippen LogP contribution in [0.5, 0.6) is 11.5 Å². The summed E-state index contributed by atoms with van der Waals surface area (Å²) in [6.45, 7) is 0.616. The Kier molecular flexibility index (Phi) is 7.22. The number of benzene rings is 3. The Labute approximate surface area is 198 Å². The highest BCUT2D eigenvalue weighted by molar-refractivity contribution is 7.89. The lowest BCUT2D eigenvalue weighted by Gasteiger charge is -2.17. The first kappa shape index (κ1) is 23.2. The number of rotatable bonds is 7. The van der Waals surface area contributed by atoms with E-state index >= 15 is 0 Å². The third kappa shape index (κ3) is 6.07. The summed E-state index contributed by atoms with van der Waals surface area (Å²) in [5.74, 6) is 1.19. The Morgan fingerprint density at radius 2 is 1.52 bits per heavy atom. The van der Waals surface area contributed by atoms with Gasteiger partial charge in [-0.1, -0.05) is 48.5 Å². The van der Waals surface area contributed by atoms with E-state index in [0.717, 1.165) is 5.56 Å². The fraction of sp³-hybridized carbons (Fsp3) is 0.208. The minimum atomic E-state index is -3.80. The number of para-hydroxylation sites is 1. The maximum Gasteiger partial charge on any atom is 0.410 e. The Morgan fingerprint density at radius 3 is 2.18 bits per heavy atom. The van der Waals surface area contributed by atoms with Crippen LogP contribution in [0.15, 0.2) is 89.8 Å². The molecule has 0 aromatic heterocycles. The Bertz CT molecular complexity index is 1170. The lowest BCUT2D eigenvalue weighted by atomic mass is 10.2. The molecule has 3 aromatic carbocycles. The first-order valence-corrected chi connectivity index (χ1v) is 12.4. The number of sulfonamides is 1. The van der Waals surface area contributed by atoms with E-state index in [9.17, 15) is 13.2 Å². The number of nitrogens with zero attached hydrogens (tertiary/aromatic N) is 1. The number of amides is 1. The molecule has 0 radical (unpaired) electrons. The molecule has 172 valence electrons. The maximum absolute atomic E-state index is 12.9. The number of thiol groups is 1. The van der Waals surface area contributed by atoms with Crippen molar-refractivity contribution in [3.8, 4) is 11.5 Å². The first-order valence-electron chi connectivity index (χ1n) is 10.4. The zero-order chi connectivity index (χ0) is 23.3. The van der Waals surface area contributed by atoms with Crippen molar-refractivity contribution < 1.29 is 22.7 Å². The van der Waals surface area contributed by atoms with Gasteiger partial charge in [0.1, 0.15) is 18.1 Å². The number of ether oxygens (including phenoxy) is 2. The van der Waals surface area contributed by atoms with E-state index in [2.05, 4.69) is 17.4 Å². The van der Waals surface area contributed by atoms with Gasteiger partial charge >= 0.3 is 6.09 Å². The molecular weight excluding hydrogens is 460 g/mol. The van der Waals surface area contributed by atoms with Gasteiger partial charge in [0.2, 0.25) is 10.0 Å². The molecule has 0 saturated carbocycles. The molecule has 0 spiro atoms. The molecule has 9 heteroatoms. The van der Waals surface area contributed by atoms with Crippen molar-refractivity contribution in [1.29, 1.82) is 0 Å². The van der Waals surface area contributed by atoms with Gasteiger partial charge in [-0.2, -0.15) is 12.6 Å². The second-order valence-electron chi connectivity index (χ2n) is 7.63. The van der Waals surface area contributed by atoms with Crippen LogP contribution in [0.25, 0.3) is 0 Å². The van der Waals surface area contributed by atoms with E-state index in [1.165, 1.54) is 17.0 Å². The fourth-order valence-corrected chi connectivity index (χ4v) is 5.18. The maximum atomic E-state index is 12.9. The molecule has 1 fully saturated rings. The normalized spacial score (nSPS) is 18.2. The standard InChI is InChI=1S/C24H24N2O5S2/c27-24(30-17-18-7-3-1-4-8-18)26-15-22(23(32)16-26)25-33(28,29)21-13-11-20(12-14-21)31-19-9-5-2-6-10-19/h1-14,22-23,25,32H,15-17H2/t22-,23-/m0/s1. The summed E-state index contributed by atoms with van der Waals surface area (Å²) in [4.78, 5) is 14.0. The van der Waals surface area contributed by atoms with Crippen molar-refractivity contribution in [1.82, 2.24) is 9.62 Å². The molecule has 1 amide bonds. The first-order chi connectivity index (χ1) is 15.9. The van der Waals surface area contributed by atoms with Crippen LogP contribution in [0.2, 0.25) is 0 Å². The third-order valence-electron chi connectivity index (χ3n) is 5.17. The average Bonchev–Trinajstić information content (AvgIpc) is 3.19. The van der Waals surface area contributed by atoms with Gasteiger partial charge in [-0.05, 0) is 42.0 Å². The average molecular weight is 485 g/mol. The molecule has 0 unspecified atom stereocenters. The van der Waals surface area contributed by atoms with E-state index in [4.69, 9.17) is 9.47 Å². The highest BCUT2D eigenvalue weighted by Gasteiger charge is 2.36. The molecule has 3 aromatic rings. The van der Waals surface area contributed by atoms with Crippen molar-refractivity contribution in [2.75, 3.05) is 13.1 Å². The van der Waals surface area contributed by atoms with Crippen LogP contribution in [0.4, 0.5) is 4.79 Å². The third-order valence-corrected chi connectivity index (χ3v) is 7.20. The van der Waals surface area contributed by atoms with E-state index in [1.807, 2.05) is 60.7 Å². The van der Waals surface area contributed by atoms with Crippen molar-refractivity contribution in [2.24, 2.45) is 0 Å². The SMILES string of the molecule is O=C(OCc1ccccc1)N1C[C@H](NS(=O)(=O)c2ccc(Oc3ccccc3)cc2)[C@@H](S)C1. The van der Waals surface area contributed by atoms with Gasteiger partial charge in [-0.25, -0.2) is 17.9 Å². The molecule has 4 rings (SSSR count). The van der Waals surface area contributed by atoms with Gasteiger partial charge < -0.3 is 14.4 Å². The molecule has 1 aliphatic heterocycles. The van der Waals surface area contributed by atoms with Crippen molar-refractivity contribution >= 4 is 28.7 Å². The number of carbonyl (C=O) groups excluding carboxylic acids is 1. The lowest BCUT2D eigenvalue weighted by Crippen LogP contribution is -2.41.